The van der Waals surface area contributed by atoms with E-state index in [4.69, 9.17) is 4.98 Å². The smallest absolute Gasteiger partial charge is 0.256 e. The van der Waals surface area contributed by atoms with E-state index < -0.39 is 0 Å². The molecule has 170 valence electrons. The van der Waals surface area contributed by atoms with Crippen LogP contribution in [0.15, 0.2) is 66.9 Å². The molecule has 34 heavy (non-hydrogen) atoms. The number of hydrogen-bond acceptors (Lipinski definition) is 4. The summed E-state index contributed by atoms with van der Waals surface area (Å²) in [5.41, 5.74) is 6.55. The van der Waals surface area contributed by atoms with E-state index in [9.17, 15) is 9.59 Å². The molecule has 2 amide bonds. The summed E-state index contributed by atoms with van der Waals surface area (Å²) in [6.07, 6.45) is 5.59. The number of hydrogen-bond donors (Lipinski definition) is 2. The molecule has 2 aromatic carbocycles. The molecule has 0 fully saturated rings. The number of amides is 2. The third kappa shape index (κ3) is 4.53. The van der Waals surface area contributed by atoms with Crippen LogP contribution in [0.5, 0.6) is 0 Å². The fourth-order valence-electron chi connectivity index (χ4n) is 4.50. The highest BCUT2D eigenvalue weighted by atomic mass is 16.2. The summed E-state index contributed by atoms with van der Waals surface area (Å²) in [5, 5.41) is 6.78. The standard InChI is InChI=1S/C28H26N4O2/c1-18-12-13-25-23(15-18)26(22-10-2-3-11-24(22)32-25)28(34)31-20-9-6-7-19(16-20)27(33)30-17-21-8-4-5-14-29-21/h4-9,12-16H,2-3,10-11,17H2,1H3,(H,30,33)(H,31,34). The minimum absolute atomic E-state index is 0.165. The van der Waals surface area contributed by atoms with Gasteiger partial charge in [0.2, 0.25) is 0 Å². The Labute approximate surface area is 198 Å². The zero-order valence-corrected chi connectivity index (χ0v) is 19.1. The third-order valence-corrected chi connectivity index (χ3v) is 6.18. The first-order valence-electron chi connectivity index (χ1n) is 11.6. The second-order valence-corrected chi connectivity index (χ2v) is 8.68. The Morgan fingerprint density at radius 2 is 1.82 bits per heavy atom. The molecule has 6 heteroatoms. The number of carbonyl (C=O) groups excluding carboxylic acids is 2. The monoisotopic (exact) mass is 450 g/mol. The van der Waals surface area contributed by atoms with Crippen LogP contribution in [0, 0.1) is 6.92 Å². The lowest BCUT2D eigenvalue weighted by molar-refractivity contribution is 0.0949. The summed E-state index contributed by atoms with van der Waals surface area (Å²) < 4.78 is 0. The first-order chi connectivity index (χ1) is 16.6. The average molecular weight is 451 g/mol. The third-order valence-electron chi connectivity index (χ3n) is 6.18. The summed E-state index contributed by atoms with van der Waals surface area (Å²) in [6, 6.07) is 18.6. The van der Waals surface area contributed by atoms with E-state index in [1.165, 1.54) is 0 Å². The van der Waals surface area contributed by atoms with Gasteiger partial charge in [0.05, 0.1) is 23.3 Å². The van der Waals surface area contributed by atoms with Gasteiger partial charge in [-0.05, 0) is 80.6 Å². The highest BCUT2D eigenvalue weighted by molar-refractivity contribution is 6.14. The first kappa shape index (κ1) is 21.8. The van der Waals surface area contributed by atoms with Gasteiger partial charge in [0.25, 0.3) is 11.8 Å². The lowest BCUT2D eigenvalue weighted by Crippen LogP contribution is -2.23. The Kier molecular flexibility index (Phi) is 6.04. The molecular formula is C28H26N4O2. The van der Waals surface area contributed by atoms with E-state index in [0.29, 0.717) is 23.4 Å². The van der Waals surface area contributed by atoms with Crippen LogP contribution in [0.2, 0.25) is 0 Å². The summed E-state index contributed by atoms with van der Waals surface area (Å²) in [4.78, 5) is 35.3. The average Bonchev–Trinajstić information content (AvgIpc) is 2.86. The van der Waals surface area contributed by atoms with Crippen molar-refractivity contribution in [2.45, 2.75) is 39.2 Å². The lowest BCUT2D eigenvalue weighted by atomic mass is 9.89. The molecule has 0 atom stereocenters. The molecule has 0 spiro atoms. The van der Waals surface area contributed by atoms with E-state index in [1.807, 2.05) is 43.3 Å². The normalized spacial score (nSPS) is 12.7. The van der Waals surface area contributed by atoms with Gasteiger partial charge < -0.3 is 10.6 Å². The predicted octanol–water partition coefficient (Wildman–Crippen LogP) is 5.00. The minimum Gasteiger partial charge on any atom is -0.346 e. The van der Waals surface area contributed by atoms with Gasteiger partial charge in [-0.1, -0.05) is 23.8 Å². The molecule has 0 saturated heterocycles. The molecule has 0 radical (unpaired) electrons. The van der Waals surface area contributed by atoms with E-state index in [0.717, 1.165) is 59.1 Å². The van der Waals surface area contributed by atoms with Gasteiger partial charge in [-0.2, -0.15) is 0 Å². The predicted molar refractivity (Wildman–Crippen MR) is 133 cm³/mol. The van der Waals surface area contributed by atoms with Gasteiger partial charge in [0.15, 0.2) is 0 Å². The topological polar surface area (TPSA) is 84.0 Å². The maximum atomic E-state index is 13.6. The van der Waals surface area contributed by atoms with Crippen molar-refractivity contribution in [2.75, 3.05) is 5.32 Å². The van der Waals surface area contributed by atoms with Crippen LogP contribution < -0.4 is 10.6 Å². The van der Waals surface area contributed by atoms with Crippen molar-refractivity contribution in [3.63, 3.8) is 0 Å². The van der Waals surface area contributed by atoms with Gasteiger partial charge in [0.1, 0.15) is 0 Å². The second-order valence-electron chi connectivity index (χ2n) is 8.68. The van der Waals surface area contributed by atoms with Crippen LogP contribution in [0.3, 0.4) is 0 Å². The van der Waals surface area contributed by atoms with Gasteiger partial charge >= 0.3 is 0 Å². The quantitative estimate of drug-likeness (QED) is 0.448. The van der Waals surface area contributed by atoms with Crippen molar-refractivity contribution in [1.82, 2.24) is 15.3 Å². The van der Waals surface area contributed by atoms with E-state index in [-0.39, 0.29) is 11.8 Å². The van der Waals surface area contributed by atoms with E-state index in [1.54, 1.807) is 30.5 Å². The molecule has 0 aliphatic heterocycles. The van der Waals surface area contributed by atoms with Crippen molar-refractivity contribution >= 4 is 28.4 Å². The Balaban J connectivity index is 1.41. The number of carbonyl (C=O) groups is 2. The minimum atomic E-state index is -0.218. The van der Waals surface area contributed by atoms with E-state index >= 15 is 0 Å². The lowest BCUT2D eigenvalue weighted by Gasteiger charge is -2.20. The number of fused-ring (bicyclic) bond motifs is 2. The van der Waals surface area contributed by atoms with E-state index in [2.05, 4.69) is 15.6 Å². The Morgan fingerprint density at radius 3 is 2.68 bits per heavy atom. The molecule has 5 rings (SSSR count). The molecule has 0 unspecified atom stereocenters. The van der Waals surface area contributed by atoms with Gasteiger partial charge in [0, 0.05) is 28.5 Å². The Hall–Kier alpha value is -4.06. The maximum absolute atomic E-state index is 13.6. The maximum Gasteiger partial charge on any atom is 0.256 e. The van der Waals surface area contributed by atoms with Crippen molar-refractivity contribution in [3.05, 3.63) is 101 Å². The molecule has 6 nitrogen and oxygen atoms in total. The highest BCUT2D eigenvalue weighted by Gasteiger charge is 2.23. The molecule has 0 bridgehead atoms. The zero-order chi connectivity index (χ0) is 23.5. The van der Waals surface area contributed by atoms with Crippen LogP contribution in [0.1, 0.15) is 56.1 Å². The summed E-state index contributed by atoms with van der Waals surface area (Å²) in [7, 11) is 0. The summed E-state index contributed by atoms with van der Waals surface area (Å²) in [5.74, 6) is -0.383. The number of nitrogens with zero attached hydrogens (tertiary/aromatic N) is 2. The van der Waals surface area contributed by atoms with Crippen molar-refractivity contribution < 1.29 is 9.59 Å². The fraction of sp³-hybridized carbons (Fsp3) is 0.214. The molecular weight excluding hydrogens is 424 g/mol. The molecule has 1 aliphatic rings. The molecule has 2 heterocycles. The number of nitrogens with one attached hydrogen (secondary N) is 2. The molecule has 1 aliphatic carbocycles. The number of benzene rings is 2. The largest absolute Gasteiger partial charge is 0.346 e. The number of rotatable bonds is 5. The van der Waals surface area contributed by atoms with Crippen LogP contribution in [0.25, 0.3) is 10.9 Å². The number of aromatic nitrogens is 2. The van der Waals surface area contributed by atoms with Crippen molar-refractivity contribution in [2.24, 2.45) is 0 Å². The van der Waals surface area contributed by atoms with Crippen LogP contribution in [0.4, 0.5) is 5.69 Å². The SMILES string of the molecule is Cc1ccc2nc3c(c(C(=O)Nc4cccc(C(=O)NCc5ccccn5)c4)c2c1)CCCC3. The summed E-state index contributed by atoms with van der Waals surface area (Å²) >= 11 is 0. The molecule has 2 N–H and O–H groups in total. The number of pyridine rings is 2. The van der Waals surface area contributed by atoms with Gasteiger partial charge in [-0.3, -0.25) is 19.6 Å². The van der Waals surface area contributed by atoms with Crippen molar-refractivity contribution in [1.29, 1.82) is 0 Å². The summed E-state index contributed by atoms with van der Waals surface area (Å²) in [6.45, 7) is 2.36. The fourth-order valence-corrected chi connectivity index (χ4v) is 4.50. The van der Waals surface area contributed by atoms with Crippen LogP contribution in [-0.4, -0.2) is 21.8 Å². The second kappa shape index (κ2) is 9.43. The van der Waals surface area contributed by atoms with Crippen molar-refractivity contribution in [3.8, 4) is 0 Å². The zero-order valence-electron chi connectivity index (χ0n) is 19.1. The molecule has 0 saturated carbocycles. The highest BCUT2D eigenvalue weighted by Crippen LogP contribution is 2.30. The Morgan fingerprint density at radius 1 is 0.941 bits per heavy atom. The van der Waals surface area contributed by atoms with Crippen LogP contribution >= 0.6 is 0 Å². The molecule has 2 aromatic heterocycles. The molecule has 4 aromatic rings. The van der Waals surface area contributed by atoms with Gasteiger partial charge in [-0.15, -0.1) is 0 Å². The van der Waals surface area contributed by atoms with Gasteiger partial charge in [-0.25, -0.2) is 0 Å². The number of anilines is 1. The number of aryl methyl sites for hydroxylation is 2. The first-order valence-corrected chi connectivity index (χ1v) is 11.6. The van der Waals surface area contributed by atoms with Crippen LogP contribution in [-0.2, 0) is 19.4 Å². The Bertz CT molecular complexity index is 1380.